The van der Waals surface area contributed by atoms with Crippen LogP contribution >= 0.6 is 0 Å². The highest BCUT2D eigenvalue weighted by Gasteiger charge is 2.06. The fraction of sp³-hybridized carbons (Fsp3) is 0.903. The summed E-state index contributed by atoms with van der Waals surface area (Å²) in [7, 11) is 0. The number of ketones is 1. The van der Waals surface area contributed by atoms with E-state index < -0.39 is 0 Å². The van der Waals surface area contributed by atoms with Crippen LogP contribution in [0.5, 0.6) is 0 Å². The first-order chi connectivity index (χ1) is 16.1. The van der Waals surface area contributed by atoms with Crippen molar-refractivity contribution < 1.29 is 9.90 Å². The molecule has 33 heavy (non-hydrogen) atoms. The molecule has 1 unspecified atom stereocenters. The Morgan fingerprint density at radius 3 is 1.45 bits per heavy atom. The summed E-state index contributed by atoms with van der Waals surface area (Å²) in [6, 6.07) is 0. The Morgan fingerprint density at radius 2 is 1.00 bits per heavy atom. The van der Waals surface area contributed by atoms with Crippen LogP contribution in [-0.2, 0) is 4.79 Å². The van der Waals surface area contributed by atoms with Gasteiger partial charge in [0.25, 0.3) is 0 Å². The average Bonchev–Trinajstić information content (AvgIpc) is 2.80. The van der Waals surface area contributed by atoms with Crippen LogP contribution in [0.1, 0.15) is 168 Å². The lowest BCUT2D eigenvalue weighted by atomic mass is 9.98. The van der Waals surface area contributed by atoms with E-state index in [0.29, 0.717) is 12.4 Å². The molecule has 0 aliphatic heterocycles. The summed E-state index contributed by atoms with van der Waals surface area (Å²) >= 11 is 0. The summed E-state index contributed by atoms with van der Waals surface area (Å²) in [5, 5.41) is 8.77. The minimum absolute atomic E-state index is 0.259. The lowest BCUT2D eigenvalue weighted by Gasteiger charge is -2.07. The molecule has 0 heterocycles. The number of allylic oxidation sites excluding steroid dienone is 2. The van der Waals surface area contributed by atoms with E-state index in [1.807, 2.05) is 0 Å². The SMILES string of the molecule is CC(=O)C(C)CCCCCCCC(C)=CCCCCCCCCCCCCCCCCCO. The molecule has 0 radical (unpaired) electrons. The maximum Gasteiger partial charge on any atom is 0.132 e. The first-order valence-electron chi connectivity index (χ1n) is 14.8. The first kappa shape index (κ1) is 32.4. The van der Waals surface area contributed by atoms with Crippen LogP contribution in [-0.4, -0.2) is 17.5 Å². The van der Waals surface area contributed by atoms with E-state index in [4.69, 9.17) is 5.11 Å². The maximum absolute atomic E-state index is 11.2. The molecule has 1 N–H and O–H groups in total. The van der Waals surface area contributed by atoms with Crippen LogP contribution in [0.3, 0.4) is 0 Å². The van der Waals surface area contributed by atoms with Crippen molar-refractivity contribution in [3.05, 3.63) is 11.6 Å². The number of carbonyl (C=O) groups excluding carboxylic acids is 1. The molecule has 0 bridgehead atoms. The standard InChI is InChI=1S/C31H60O2/c1-29(26-22-18-16-19-23-27-30(2)31(3)33)25-21-17-14-12-10-8-6-4-5-7-9-11-13-15-20-24-28-32/h25,30,32H,4-24,26-28H2,1-3H3. The molecule has 0 aromatic heterocycles. The topological polar surface area (TPSA) is 37.3 Å². The molecular formula is C31H60O2. The Bertz CT molecular complexity index is 440. The van der Waals surface area contributed by atoms with E-state index in [1.165, 1.54) is 135 Å². The zero-order chi connectivity index (χ0) is 24.4. The molecular weight excluding hydrogens is 404 g/mol. The third-order valence-electron chi connectivity index (χ3n) is 7.26. The quantitative estimate of drug-likeness (QED) is 0.102. The molecule has 0 fully saturated rings. The Labute approximate surface area is 208 Å². The Morgan fingerprint density at radius 1 is 0.606 bits per heavy atom. The number of hydrogen-bond acceptors (Lipinski definition) is 2. The van der Waals surface area contributed by atoms with Gasteiger partial charge in [0, 0.05) is 12.5 Å². The van der Waals surface area contributed by atoms with Gasteiger partial charge in [-0.1, -0.05) is 128 Å². The zero-order valence-corrected chi connectivity index (χ0v) is 23.0. The van der Waals surface area contributed by atoms with Crippen LogP contribution in [0.15, 0.2) is 11.6 Å². The molecule has 0 aromatic rings. The summed E-state index contributed by atoms with van der Waals surface area (Å²) in [6.07, 6.45) is 33.0. The third-order valence-corrected chi connectivity index (χ3v) is 7.26. The van der Waals surface area contributed by atoms with Crippen molar-refractivity contribution in [3.8, 4) is 0 Å². The minimum Gasteiger partial charge on any atom is -0.396 e. The van der Waals surface area contributed by atoms with E-state index in [0.717, 1.165) is 12.8 Å². The fourth-order valence-corrected chi connectivity index (χ4v) is 4.59. The van der Waals surface area contributed by atoms with E-state index >= 15 is 0 Å². The average molecular weight is 465 g/mol. The molecule has 0 saturated carbocycles. The number of rotatable bonds is 26. The highest BCUT2D eigenvalue weighted by molar-refractivity contribution is 5.77. The minimum atomic E-state index is 0.259. The monoisotopic (exact) mass is 464 g/mol. The van der Waals surface area contributed by atoms with Crippen molar-refractivity contribution in [1.29, 1.82) is 0 Å². The van der Waals surface area contributed by atoms with Crippen LogP contribution in [0, 0.1) is 5.92 Å². The van der Waals surface area contributed by atoms with Gasteiger partial charge in [-0.25, -0.2) is 0 Å². The second-order valence-corrected chi connectivity index (χ2v) is 10.7. The zero-order valence-electron chi connectivity index (χ0n) is 23.0. The van der Waals surface area contributed by atoms with Crippen molar-refractivity contribution in [2.75, 3.05) is 6.61 Å². The Balaban J connectivity index is 3.26. The van der Waals surface area contributed by atoms with Crippen molar-refractivity contribution in [1.82, 2.24) is 0 Å². The van der Waals surface area contributed by atoms with Gasteiger partial charge < -0.3 is 5.11 Å². The molecule has 196 valence electrons. The van der Waals surface area contributed by atoms with Gasteiger partial charge in [-0.15, -0.1) is 0 Å². The van der Waals surface area contributed by atoms with Gasteiger partial charge in [-0.05, 0) is 52.4 Å². The number of hydrogen-bond donors (Lipinski definition) is 1. The van der Waals surface area contributed by atoms with Gasteiger partial charge in [-0.2, -0.15) is 0 Å². The summed E-state index contributed by atoms with van der Waals surface area (Å²) in [6.45, 7) is 6.45. The molecule has 0 aliphatic carbocycles. The molecule has 0 spiro atoms. The van der Waals surface area contributed by atoms with Crippen LogP contribution in [0.25, 0.3) is 0 Å². The molecule has 0 amide bonds. The highest BCUT2D eigenvalue weighted by atomic mass is 16.2. The predicted molar refractivity (Wildman–Crippen MR) is 147 cm³/mol. The number of aliphatic hydroxyl groups excluding tert-OH is 1. The van der Waals surface area contributed by atoms with Crippen LogP contribution < -0.4 is 0 Å². The lowest BCUT2D eigenvalue weighted by molar-refractivity contribution is -0.120. The van der Waals surface area contributed by atoms with Gasteiger partial charge in [-0.3, -0.25) is 4.79 Å². The van der Waals surface area contributed by atoms with Crippen molar-refractivity contribution in [3.63, 3.8) is 0 Å². The van der Waals surface area contributed by atoms with Crippen LogP contribution in [0.4, 0.5) is 0 Å². The van der Waals surface area contributed by atoms with Crippen LogP contribution in [0.2, 0.25) is 0 Å². The Kier molecular flexibility index (Phi) is 25.5. The molecule has 2 nitrogen and oxygen atoms in total. The van der Waals surface area contributed by atoms with E-state index in [1.54, 1.807) is 12.5 Å². The number of unbranched alkanes of at least 4 members (excludes halogenated alkanes) is 19. The molecule has 1 atom stereocenters. The largest absolute Gasteiger partial charge is 0.396 e. The molecule has 2 heteroatoms. The van der Waals surface area contributed by atoms with E-state index in [2.05, 4.69) is 19.9 Å². The van der Waals surface area contributed by atoms with Gasteiger partial charge >= 0.3 is 0 Å². The van der Waals surface area contributed by atoms with E-state index in [-0.39, 0.29) is 5.92 Å². The number of carbonyl (C=O) groups is 1. The molecule has 0 aliphatic rings. The fourth-order valence-electron chi connectivity index (χ4n) is 4.59. The second kappa shape index (κ2) is 26.0. The molecule has 0 aromatic carbocycles. The van der Waals surface area contributed by atoms with Gasteiger partial charge in [0.05, 0.1) is 0 Å². The van der Waals surface area contributed by atoms with Gasteiger partial charge in [0.2, 0.25) is 0 Å². The summed E-state index contributed by atoms with van der Waals surface area (Å²) in [4.78, 5) is 11.2. The number of aliphatic hydroxyl groups is 1. The third kappa shape index (κ3) is 25.8. The van der Waals surface area contributed by atoms with Gasteiger partial charge in [0.1, 0.15) is 5.78 Å². The predicted octanol–water partition coefficient (Wildman–Crippen LogP) is 10.1. The van der Waals surface area contributed by atoms with Gasteiger partial charge in [0.15, 0.2) is 0 Å². The highest BCUT2D eigenvalue weighted by Crippen LogP contribution is 2.16. The van der Waals surface area contributed by atoms with Crippen molar-refractivity contribution >= 4 is 5.78 Å². The smallest absolute Gasteiger partial charge is 0.132 e. The summed E-state index contributed by atoms with van der Waals surface area (Å²) < 4.78 is 0. The molecule has 0 rings (SSSR count). The Hall–Kier alpha value is -0.630. The summed E-state index contributed by atoms with van der Waals surface area (Å²) in [5.41, 5.74) is 1.59. The number of Topliss-reactive ketones (excluding diaryl/α,β-unsaturated/α-hetero) is 1. The van der Waals surface area contributed by atoms with Crippen molar-refractivity contribution in [2.45, 2.75) is 168 Å². The molecule has 0 saturated heterocycles. The lowest BCUT2D eigenvalue weighted by Crippen LogP contribution is -2.05. The summed E-state index contributed by atoms with van der Waals surface area (Å²) in [5.74, 6) is 0.601. The second-order valence-electron chi connectivity index (χ2n) is 10.7. The van der Waals surface area contributed by atoms with Crippen molar-refractivity contribution in [2.24, 2.45) is 5.92 Å². The first-order valence-corrected chi connectivity index (χ1v) is 14.8. The maximum atomic E-state index is 11.2. The van der Waals surface area contributed by atoms with E-state index in [9.17, 15) is 4.79 Å². The normalized spacial score (nSPS) is 12.9.